The Kier molecular flexibility index (Phi) is 5.99. The lowest BCUT2D eigenvalue weighted by Gasteiger charge is -2.27. The lowest BCUT2D eigenvalue weighted by molar-refractivity contribution is -0.131. The second-order valence-corrected chi connectivity index (χ2v) is 6.17. The topological polar surface area (TPSA) is 49.4 Å². The van der Waals surface area contributed by atoms with E-state index >= 15 is 0 Å². The Morgan fingerprint density at radius 3 is 2.64 bits per heavy atom. The maximum absolute atomic E-state index is 12.0. The van der Waals surface area contributed by atoms with Crippen LogP contribution >= 0.6 is 0 Å². The predicted octanol–water partition coefficient (Wildman–Crippen LogP) is 2.44. The van der Waals surface area contributed by atoms with Gasteiger partial charge >= 0.3 is 0 Å². The molecule has 1 aliphatic rings. The van der Waals surface area contributed by atoms with Crippen LogP contribution in [0.4, 0.5) is 0 Å². The average Bonchev–Trinajstić information content (AvgIpc) is 2.97. The standard InChI is InChI=1S/C18H26N2O2/c1-14-6-5-7-16(12-14)13-18(22)19-10-11-20(15(2)21)17-8-3-4-9-17/h5-7,12,17H,3-4,8-11,13H2,1-2H3,(H,19,22). The normalized spacial score (nSPS) is 14.8. The molecule has 2 rings (SSSR count). The number of amides is 2. The predicted molar refractivity (Wildman–Crippen MR) is 87.5 cm³/mol. The summed E-state index contributed by atoms with van der Waals surface area (Å²) in [5, 5.41) is 2.93. The molecule has 0 heterocycles. The van der Waals surface area contributed by atoms with Gasteiger partial charge in [0, 0.05) is 26.1 Å². The Hall–Kier alpha value is -1.84. The summed E-state index contributed by atoms with van der Waals surface area (Å²) in [5.74, 6) is 0.125. The minimum Gasteiger partial charge on any atom is -0.354 e. The molecule has 4 nitrogen and oxygen atoms in total. The van der Waals surface area contributed by atoms with Crippen molar-refractivity contribution in [1.82, 2.24) is 10.2 Å². The summed E-state index contributed by atoms with van der Waals surface area (Å²) in [4.78, 5) is 25.6. The van der Waals surface area contributed by atoms with E-state index in [9.17, 15) is 9.59 Å². The molecule has 1 saturated carbocycles. The minimum atomic E-state index is 0.0144. The van der Waals surface area contributed by atoms with Gasteiger partial charge in [-0.25, -0.2) is 0 Å². The van der Waals surface area contributed by atoms with Crippen LogP contribution in [-0.2, 0) is 16.0 Å². The van der Waals surface area contributed by atoms with E-state index in [1.807, 2.05) is 36.1 Å². The fourth-order valence-corrected chi connectivity index (χ4v) is 3.20. The van der Waals surface area contributed by atoms with Crippen LogP contribution in [0.25, 0.3) is 0 Å². The summed E-state index contributed by atoms with van der Waals surface area (Å²) in [6, 6.07) is 8.35. The van der Waals surface area contributed by atoms with Crippen LogP contribution in [0.1, 0.15) is 43.7 Å². The third-order valence-corrected chi connectivity index (χ3v) is 4.29. The molecule has 0 atom stereocenters. The number of nitrogens with one attached hydrogen (secondary N) is 1. The molecular weight excluding hydrogens is 276 g/mol. The van der Waals surface area contributed by atoms with E-state index in [1.165, 1.54) is 12.8 Å². The molecule has 2 amide bonds. The summed E-state index contributed by atoms with van der Waals surface area (Å²) < 4.78 is 0. The molecule has 120 valence electrons. The lowest BCUT2D eigenvalue weighted by Crippen LogP contribution is -2.42. The Labute approximate surface area is 132 Å². The second kappa shape index (κ2) is 7.97. The average molecular weight is 302 g/mol. The molecule has 0 saturated heterocycles. The van der Waals surface area contributed by atoms with Crippen molar-refractivity contribution in [1.29, 1.82) is 0 Å². The highest BCUT2D eigenvalue weighted by Crippen LogP contribution is 2.23. The highest BCUT2D eigenvalue weighted by molar-refractivity contribution is 5.78. The maximum atomic E-state index is 12.0. The van der Waals surface area contributed by atoms with Crippen molar-refractivity contribution in [2.45, 2.75) is 52.0 Å². The Morgan fingerprint density at radius 2 is 2.00 bits per heavy atom. The molecule has 1 aromatic carbocycles. The monoisotopic (exact) mass is 302 g/mol. The van der Waals surface area contributed by atoms with Crippen LogP contribution in [0.5, 0.6) is 0 Å². The van der Waals surface area contributed by atoms with Crippen molar-refractivity contribution < 1.29 is 9.59 Å². The molecule has 1 aromatic rings. The van der Waals surface area contributed by atoms with Crippen LogP contribution in [0, 0.1) is 6.92 Å². The van der Waals surface area contributed by atoms with Gasteiger partial charge in [0.1, 0.15) is 0 Å². The molecule has 1 N–H and O–H groups in total. The van der Waals surface area contributed by atoms with E-state index in [4.69, 9.17) is 0 Å². The van der Waals surface area contributed by atoms with Crippen molar-refractivity contribution in [3.63, 3.8) is 0 Å². The first kappa shape index (κ1) is 16.5. The Morgan fingerprint density at radius 1 is 1.27 bits per heavy atom. The first-order chi connectivity index (χ1) is 10.6. The van der Waals surface area contributed by atoms with E-state index < -0.39 is 0 Å². The summed E-state index contributed by atoms with van der Waals surface area (Å²) in [5.41, 5.74) is 2.19. The number of hydrogen-bond donors (Lipinski definition) is 1. The summed E-state index contributed by atoms with van der Waals surface area (Å²) in [7, 11) is 0. The fraction of sp³-hybridized carbons (Fsp3) is 0.556. The highest BCUT2D eigenvalue weighted by Gasteiger charge is 2.24. The van der Waals surface area contributed by atoms with Gasteiger partial charge in [-0.1, -0.05) is 42.7 Å². The summed E-state index contributed by atoms with van der Waals surface area (Å²) in [6.07, 6.45) is 4.99. The van der Waals surface area contributed by atoms with Gasteiger partial charge in [0.15, 0.2) is 0 Å². The zero-order valence-corrected chi connectivity index (χ0v) is 13.6. The Balaban J connectivity index is 1.76. The Bertz CT molecular complexity index is 522. The van der Waals surface area contributed by atoms with Crippen molar-refractivity contribution in [2.75, 3.05) is 13.1 Å². The molecule has 0 bridgehead atoms. The van der Waals surface area contributed by atoms with Crippen molar-refractivity contribution in [3.05, 3.63) is 35.4 Å². The van der Waals surface area contributed by atoms with Gasteiger partial charge in [0.2, 0.25) is 11.8 Å². The number of rotatable bonds is 6. The zero-order chi connectivity index (χ0) is 15.9. The van der Waals surface area contributed by atoms with Crippen molar-refractivity contribution in [2.24, 2.45) is 0 Å². The molecular formula is C18H26N2O2. The van der Waals surface area contributed by atoms with E-state index in [1.54, 1.807) is 6.92 Å². The smallest absolute Gasteiger partial charge is 0.224 e. The fourth-order valence-electron chi connectivity index (χ4n) is 3.20. The van der Waals surface area contributed by atoms with E-state index in [2.05, 4.69) is 5.32 Å². The zero-order valence-electron chi connectivity index (χ0n) is 13.6. The van der Waals surface area contributed by atoms with Gasteiger partial charge in [-0.15, -0.1) is 0 Å². The minimum absolute atomic E-state index is 0.0144. The van der Waals surface area contributed by atoms with Gasteiger partial charge in [0.25, 0.3) is 0 Å². The van der Waals surface area contributed by atoms with E-state index in [0.717, 1.165) is 24.0 Å². The maximum Gasteiger partial charge on any atom is 0.224 e. The van der Waals surface area contributed by atoms with E-state index in [0.29, 0.717) is 25.6 Å². The number of benzene rings is 1. The molecule has 0 aliphatic heterocycles. The van der Waals surface area contributed by atoms with E-state index in [-0.39, 0.29) is 11.8 Å². The van der Waals surface area contributed by atoms with Gasteiger partial charge in [-0.2, -0.15) is 0 Å². The van der Waals surface area contributed by atoms with Gasteiger partial charge in [0.05, 0.1) is 6.42 Å². The molecule has 22 heavy (non-hydrogen) atoms. The largest absolute Gasteiger partial charge is 0.354 e. The van der Waals surface area contributed by atoms with Crippen LogP contribution in [0.2, 0.25) is 0 Å². The number of nitrogens with zero attached hydrogens (tertiary/aromatic N) is 1. The van der Waals surface area contributed by atoms with Crippen LogP contribution in [0.15, 0.2) is 24.3 Å². The molecule has 0 spiro atoms. The van der Waals surface area contributed by atoms with Gasteiger partial charge in [-0.05, 0) is 25.3 Å². The van der Waals surface area contributed by atoms with Crippen LogP contribution in [0.3, 0.4) is 0 Å². The van der Waals surface area contributed by atoms with Crippen molar-refractivity contribution >= 4 is 11.8 Å². The van der Waals surface area contributed by atoms with Crippen LogP contribution in [-0.4, -0.2) is 35.8 Å². The van der Waals surface area contributed by atoms with Gasteiger partial charge < -0.3 is 10.2 Å². The number of carbonyl (C=O) groups is 2. The SMILES string of the molecule is CC(=O)N(CCNC(=O)Cc1cccc(C)c1)C1CCCC1. The highest BCUT2D eigenvalue weighted by atomic mass is 16.2. The lowest BCUT2D eigenvalue weighted by atomic mass is 10.1. The third-order valence-electron chi connectivity index (χ3n) is 4.29. The molecule has 0 radical (unpaired) electrons. The molecule has 1 fully saturated rings. The molecule has 0 aromatic heterocycles. The molecule has 1 aliphatic carbocycles. The van der Waals surface area contributed by atoms with Gasteiger partial charge in [-0.3, -0.25) is 9.59 Å². The van der Waals surface area contributed by atoms with Crippen LogP contribution < -0.4 is 5.32 Å². The third kappa shape index (κ3) is 4.86. The summed E-state index contributed by atoms with van der Waals surface area (Å²) in [6.45, 7) is 4.78. The first-order valence-corrected chi connectivity index (χ1v) is 8.15. The number of aryl methyl sites for hydroxylation is 1. The van der Waals surface area contributed by atoms with Crippen molar-refractivity contribution in [3.8, 4) is 0 Å². The quantitative estimate of drug-likeness (QED) is 0.877. The number of hydrogen-bond acceptors (Lipinski definition) is 2. The second-order valence-electron chi connectivity index (χ2n) is 6.17. The molecule has 0 unspecified atom stereocenters. The number of carbonyl (C=O) groups excluding carboxylic acids is 2. The molecule has 4 heteroatoms. The summed E-state index contributed by atoms with van der Waals surface area (Å²) >= 11 is 0. The first-order valence-electron chi connectivity index (χ1n) is 8.15.